The van der Waals surface area contributed by atoms with Gasteiger partial charge in [0.1, 0.15) is 6.79 Å². The van der Waals surface area contributed by atoms with Crippen LogP contribution in [0.2, 0.25) is 0 Å². The van der Waals surface area contributed by atoms with Crippen molar-refractivity contribution in [3.8, 4) is 0 Å². The van der Waals surface area contributed by atoms with Gasteiger partial charge < -0.3 is 4.79 Å². The van der Waals surface area contributed by atoms with Gasteiger partial charge in [-0.25, -0.2) is 5.90 Å². The Hall–Kier alpha value is -1.95. The van der Waals surface area contributed by atoms with Crippen LogP contribution < -0.4 is 5.90 Å². The molecule has 0 saturated carbocycles. The first-order chi connectivity index (χ1) is 15.3. The second-order valence-corrected chi connectivity index (χ2v) is 9.73. The second kappa shape index (κ2) is 10.1. The first kappa shape index (κ1) is 27.3. The van der Waals surface area contributed by atoms with E-state index in [0.717, 1.165) is 22.6 Å². The van der Waals surface area contributed by atoms with Gasteiger partial charge in [0.25, 0.3) is 0 Å². The minimum atomic E-state index is -5.33. The summed E-state index contributed by atoms with van der Waals surface area (Å²) in [7, 11) is 0. The van der Waals surface area contributed by atoms with Crippen molar-refractivity contribution >= 4 is 18.1 Å². The van der Waals surface area contributed by atoms with Crippen LogP contribution in [-0.4, -0.2) is 41.8 Å². The van der Waals surface area contributed by atoms with Crippen LogP contribution in [0.25, 0.3) is 0 Å². The van der Waals surface area contributed by atoms with E-state index in [1.165, 1.54) is 12.1 Å². The summed E-state index contributed by atoms with van der Waals surface area (Å²) in [4.78, 5) is 18.7. The Labute approximate surface area is 193 Å². The van der Waals surface area contributed by atoms with Crippen LogP contribution in [0.3, 0.4) is 0 Å². The van der Waals surface area contributed by atoms with Crippen molar-refractivity contribution < 1.29 is 31.6 Å². The lowest BCUT2D eigenvalue weighted by atomic mass is 9.74. The summed E-state index contributed by atoms with van der Waals surface area (Å²) in [6, 6.07) is 6.43. The van der Waals surface area contributed by atoms with E-state index in [-0.39, 0.29) is 32.4 Å². The number of alkyl halides is 4. The summed E-state index contributed by atoms with van der Waals surface area (Å²) in [6.07, 6.45) is -3.88. The number of hydrogen-bond acceptors (Lipinski definition) is 6. The molecular weight excluding hydrogens is 465 g/mol. The van der Waals surface area contributed by atoms with Gasteiger partial charge in [0.2, 0.25) is 0 Å². The molecule has 2 N–H and O–H groups in total. The zero-order valence-electron chi connectivity index (χ0n) is 18.7. The molecule has 0 bridgehead atoms. The number of aromatic nitrogens is 1. The number of nitrogens with zero attached hydrogens (tertiary/aromatic N) is 2. The van der Waals surface area contributed by atoms with E-state index >= 15 is 4.39 Å². The number of nitrogens with two attached hydrogens (primary N) is 1. The van der Waals surface area contributed by atoms with Gasteiger partial charge in [-0.15, -0.1) is 11.3 Å². The number of likely N-dealkylation sites (tertiary alicyclic amines) is 1. The molecule has 1 saturated heterocycles. The van der Waals surface area contributed by atoms with Crippen LogP contribution in [0.4, 0.5) is 22.0 Å². The van der Waals surface area contributed by atoms with Gasteiger partial charge in [-0.2, -0.15) is 22.0 Å². The smallest absolute Gasteiger partial charge is 0.307 e. The van der Waals surface area contributed by atoms with E-state index in [9.17, 15) is 17.6 Å². The Morgan fingerprint density at radius 1 is 1.21 bits per heavy atom. The lowest BCUT2D eigenvalue weighted by Gasteiger charge is -2.43. The Morgan fingerprint density at radius 2 is 1.88 bits per heavy atom. The molecule has 2 aromatic rings. The summed E-state index contributed by atoms with van der Waals surface area (Å²) in [5.41, 5.74) is -1.02. The van der Waals surface area contributed by atoms with Crippen LogP contribution in [0.5, 0.6) is 0 Å². The highest BCUT2D eigenvalue weighted by Gasteiger charge is 2.71. The van der Waals surface area contributed by atoms with E-state index in [0.29, 0.717) is 4.88 Å². The number of hydrogen-bond donors (Lipinski definition) is 1. The van der Waals surface area contributed by atoms with Crippen LogP contribution >= 0.6 is 11.3 Å². The fourth-order valence-corrected chi connectivity index (χ4v) is 5.06. The maximum absolute atomic E-state index is 15.5. The predicted molar refractivity (Wildman–Crippen MR) is 116 cm³/mol. The van der Waals surface area contributed by atoms with Crippen molar-refractivity contribution in [2.24, 2.45) is 11.3 Å². The predicted octanol–water partition coefficient (Wildman–Crippen LogP) is 5.08. The minimum Gasteiger partial charge on any atom is -0.307 e. The third-order valence-corrected chi connectivity index (χ3v) is 7.38. The topological polar surface area (TPSA) is 68.5 Å². The van der Waals surface area contributed by atoms with Crippen molar-refractivity contribution in [1.82, 2.24) is 9.88 Å². The van der Waals surface area contributed by atoms with Gasteiger partial charge in [0.15, 0.2) is 5.13 Å². The molecular formula is C22H28F5N3O2S. The number of aryl methyl sites for hydroxylation is 2. The maximum Gasteiger partial charge on any atom is 0.450 e. The van der Waals surface area contributed by atoms with E-state index in [4.69, 9.17) is 10.7 Å². The zero-order valence-corrected chi connectivity index (χ0v) is 19.5. The summed E-state index contributed by atoms with van der Waals surface area (Å²) in [6.45, 7) is 7.55. The summed E-state index contributed by atoms with van der Waals surface area (Å²) in [5.74, 6) is 0.897. The number of carbonyl (C=O) groups is 1. The lowest BCUT2D eigenvalue weighted by molar-refractivity contribution is -0.378. The standard InChI is InChI=1S/C21H26F5N3OS.CH2O/c1-14-4-5-15(12-28-14)18(2,3)29-11-10-19(13-29,20(23,30-27)21(24,25)26)9-8-16-6-7-17(22)31-16;1-2/h4-7,12H,8-11,13,27H2,1-3H3;1H2. The average Bonchev–Trinajstić information content (AvgIpc) is 3.40. The van der Waals surface area contributed by atoms with Gasteiger partial charge >= 0.3 is 12.0 Å². The molecule has 184 valence electrons. The van der Waals surface area contributed by atoms with Crippen molar-refractivity contribution in [1.29, 1.82) is 0 Å². The Kier molecular flexibility index (Phi) is 8.37. The molecule has 0 aromatic carbocycles. The Balaban J connectivity index is 0.00000187. The molecule has 2 unspecified atom stereocenters. The van der Waals surface area contributed by atoms with Gasteiger partial charge in [-0.05, 0) is 70.3 Å². The van der Waals surface area contributed by atoms with Gasteiger partial charge in [0.05, 0.1) is 5.41 Å². The number of halogens is 5. The average molecular weight is 494 g/mol. The van der Waals surface area contributed by atoms with Crippen LogP contribution in [-0.2, 0) is 21.6 Å². The fraction of sp³-hybridized carbons (Fsp3) is 0.545. The fourth-order valence-electron chi connectivity index (χ4n) is 4.33. The molecule has 2 aromatic heterocycles. The Bertz CT molecular complexity index is 922. The van der Waals surface area contributed by atoms with E-state index in [2.05, 4.69) is 9.82 Å². The molecule has 5 nitrogen and oxygen atoms in total. The van der Waals surface area contributed by atoms with Gasteiger partial charge in [0, 0.05) is 28.9 Å². The molecule has 1 aliphatic rings. The third-order valence-electron chi connectivity index (χ3n) is 6.45. The second-order valence-electron chi connectivity index (χ2n) is 8.62. The summed E-state index contributed by atoms with van der Waals surface area (Å²) < 4.78 is 70.5. The van der Waals surface area contributed by atoms with Crippen LogP contribution in [0.15, 0.2) is 30.5 Å². The molecule has 1 aliphatic heterocycles. The zero-order chi connectivity index (χ0) is 25.1. The first-order valence-corrected chi connectivity index (χ1v) is 11.0. The van der Waals surface area contributed by atoms with E-state index in [1.54, 1.807) is 11.1 Å². The molecule has 3 rings (SSSR count). The van der Waals surface area contributed by atoms with Crippen LogP contribution in [0.1, 0.15) is 42.8 Å². The normalized spacial score (nSPS) is 21.4. The summed E-state index contributed by atoms with van der Waals surface area (Å²) in [5, 5.41) is -0.442. The molecule has 1 fully saturated rings. The minimum absolute atomic E-state index is 0.0834. The lowest BCUT2D eigenvalue weighted by Crippen LogP contribution is -2.60. The number of carbonyl (C=O) groups excluding carboxylic acids is 1. The van der Waals surface area contributed by atoms with Gasteiger partial charge in [-0.1, -0.05) is 6.07 Å². The third kappa shape index (κ3) is 5.26. The largest absolute Gasteiger partial charge is 0.450 e. The van der Waals surface area contributed by atoms with E-state index in [1.807, 2.05) is 39.7 Å². The van der Waals surface area contributed by atoms with Crippen molar-refractivity contribution in [3.05, 3.63) is 51.7 Å². The Morgan fingerprint density at radius 3 is 2.36 bits per heavy atom. The van der Waals surface area contributed by atoms with Crippen molar-refractivity contribution in [3.63, 3.8) is 0 Å². The maximum atomic E-state index is 15.5. The van der Waals surface area contributed by atoms with Crippen LogP contribution in [0, 0.1) is 17.5 Å². The summed E-state index contributed by atoms with van der Waals surface area (Å²) >= 11 is 0.836. The molecule has 2 atom stereocenters. The highest BCUT2D eigenvalue weighted by Crippen LogP contribution is 2.55. The monoisotopic (exact) mass is 493 g/mol. The highest BCUT2D eigenvalue weighted by atomic mass is 32.1. The number of pyridine rings is 1. The van der Waals surface area contributed by atoms with Gasteiger partial charge in [-0.3, -0.25) is 14.7 Å². The SMILES string of the molecule is C=O.Cc1ccc(C(C)(C)N2CCC(CCc3ccc(F)s3)(C(F)(ON)C(F)(F)F)C2)cn1. The molecule has 0 spiro atoms. The first-order valence-electron chi connectivity index (χ1n) is 10.2. The molecule has 0 aliphatic carbocycles. The number of rotatable bonds is 7. The highest BCUT2D eigenvalue weighted by molar-refractivity contribution is 7.10. The molecule has 0 radical (unpaired) electrons. The number of thiophene rings is 1. The van der Waals surface area contributed by atoms with Crippen molar-refractivity contribution in [2.75, 3.05) is 13.1 Å². The molecule has 3 heterocycles. The molecule has 0 amide bonds. The molecule has 11 heteroatoms. The quantitative estimate of drug-likeness (QED) is 0.430. The van der Waals surface area contributed by atoms with Crippen molar-refractivity contribution in [2.45, 2.75) is 57.6 Å². The molecule has 33 heavy (non-hydrogen) atoms. The van der Waals surface area contributed by atoms with E-state index < -0.39 is 28.1 Å².